The van der Waals surface area contributed by atoms with Gasteiger partial charge in [-0.25, -0.2) is 4.98 Å². The molecule has 0 spiro atoms. The van der Waals surface area contributed by atoms with Gasteiger partial charge in [-0.15, -0.1) is 11.3 Å². The second kappa shape index (κ2) is 8.80. The van der Waals surface area contributed by atoms with E-state index in [-0.39, 0.29) is 5.91 Å². The number of para-hydroxylation sites is 1. The molecule has 152 valence electrons. The number of piperidine rings is 1. The van der Waals surface area contributed by atoms with Gasteiger partial charge in [0.1, 0.15) is 16.5 Å². The summed E-state index contributed by atoms with van der Waals surface area (Å²) in [6.45, 7) is 2.39. The van der Waals surface area contributed by atoms with E-state index in [9.17, 15) is 4.79 Å². The van der Waals surface area contributed by atoms with Crippen LogP contribution in [0.15, 0.2) is 42.5 Å². The number of hydrogen-bond donors (Lipinski definition) is 2. The Morgan fingerprint density at radius 3 is 2.90 bits per heavy atom. The van der Waals surface area contributed by atoms with Gasteiger partial charge in [-0.2, -0.15) is 0 Å². The van der Waals surface area contributed by atoms with Gasteiger partial charge < -0.3 is 19.7 Å². The summed E-state index contributed by atoms with van der Waals surface area (Å²) in [6, 6.07) is 13.7. The summed E-state index contributed by atoms with van der Waals surface area (Å²) < 4.78 is 11.8. The van der Waals surface area contributed by atoms with Crippen LogP contribution in [0, 0.1) is 0 Å². The lowest BCUT2D eigenvalue weighted by Gasteiger charge is -2.28. The van der Waals surface area contributed by atoms with Crippen LogP contribution in [0.5, 0.6) is 11.5 Å². The van der Waals surface area contributed by atoms with E-state index >= 15 is 0 Å². The maximum atomic E-state index is 12.7. The summed E-state index contributed by atoms with van der Waals surface area (Å²) in [6.07, 6.45) is 2.24. The number of carbonyl (C=O) groups is 1. The maximum Gasteiger partial charge on any atom is 0.279 e. The number of ether oxygens (including phenoxy) is 2. The topological polar surface area (TPSA) is 64.9 Å². The third kappa shape index (κ3) is 4.52. The summed E-state index contributed by atoms with van der Waals surface area (Å²) in [5, 5.41) is 4.18. The van der Waals surface area contributed by atoms with Crippen LogP contribution in [-0.4, -0.2) is 44.7 Å². The SMILES string of the molecule is COc1ccc(NC(=O)C[NH+]2CCC[C@@H](c3nc4ccccc4s3)C2)c(OC)c1. The van der Waals surface area contributed by atoms with Crippen molar-refractivity contribution in [3.05, 3.63) is 47.5 Å². The number of quaternary nitrogens is 1. The largest absolute Gasteiger partial charge is 0.497 e. The van der Waals surface area contributed by atoms with Crippen molar-refractivity contribution in [2.75, 3.05) is 39.2 Å². The minimum Gasteiger partial charge on any atom is -0.497 e. The lowest BCUT2D eigenvalue weighted by atomic mass is 9.99. The van der Waals surface area contributed by atoms with Gasteiger partial charge in [-0.3, -0.25) is 4.79 Å². The number of likely N-dealkylation sites (tertiary alicyclic amines) is 1. The molecule has 1 amide bonds. The van der Waals surface area contributed by atoms with Crippen LogP contribution in [0.1, 0.15) is 23.8 Å². The Kier molecular flexibility index (Phi) is 5.97. The number of anilines is 1. The van der Waals surface area contributed by atoms with Crippen LogP contribution in [0.2, 0.25) is 0 Å². The summed E-state index contributed by atoms with van der Waals surface area (Å²) >= 11 is 1.78. The highest BCUT2D eigenvalue weighted by molar-refractivity contribution is 7.18. The quantitative estimate of drug-likeness (QED) is 0.653. The molecule has 0 aliphatic carbocycles. The fourth-order valence-corrected chi connectivity index (χ4v) is 5.01. The number of thiazole rings is 1. The first-order valence-corrected chi connectivity index (χ1v) is 10.7. The molecule has 3 aromatic rings. The number of hydrogen-bond acceptors (Lipinski definition) is 5. The molecule has 29 heavy (non-hydrogen) atoms. The van der Waals surface area contributed by atoms with Gasteiger partial charge in [0.2, 0.25) is 0 Å². The van der Waals surface area contributed by atoms with E-state index in [0.717, 1.165) is 31.4 Å². The number of aromatic nitrogens is 1. The number of amides is 1. The first-order valence-electron chi connectivity index (χ1n) is 9.87. The molecular formula is C22H26N3O3S+. The molecule has 1 fully saturated rings. The van der Waals surface area contributed by atoms with Crippen molar-refractivity contribution in [2.24, 2.45) is 0 Å². The van der Waals surface area contributed by atoms with Crippen LogP contribution >= 0.6 is 11.3 Å². The normalized spacial score (nSPS) is 19.1. The van der Waals surface area contributed by atoms with Crippen molar-refractivity contribution >= 4 is 33.1 Å². The van der Waals surface area contributed by atoms with Crippen LogP contribution < -0.4 is 19.7 Å². The Morgan fingerprint density at radius 1 is 1.24 bits per heavy atom. The zero-order valence-electron chi connectivity index (χ0n) is 16.7. The molecule has 0 saturated carbocycles. The number of benzene rings is 2. The second-order valence-corrected chi connectivity index (χ2v) is 8.42. The average Bonchev–Trinajstić information content (AvgIpc) is 3.18. The zero-order valence-corrected chi connectivity index (χ0v) is 17.6. The third-order valence-electron chi connectivity index (χ3n) is 5.37. The van der Waals surface area contributed by atoms with Crippen LogP contribution in [0.4, 0.5) is 5.69 Å². The molecule has 2 N–H and O–H groups in total. The number of rotatable bonds is 6. The van der Waals surface area contributed by atoms with E-state index in [1.807, 2.05) is 18.2 Å². The van der Waals surface area contributed by atoms with Crippen LogP contribution in [0.3, 0.4) is 0 Å². The van der Waals surface area contributed by atoms with Crippen molar-refractivity contribution in [3.63, 3.8) is 0 Å². The highest BCUT2D eigenvalue weighted by Crippen LogP contribution is 2.30. The average molecular weight is 413 g/mol. The Labute approximate surface area is 174 Å². The van der Waals surface area contributed by atoms with Crippen LogP contribution in [-0.2, 0) is 4.79 Å². The first-order chi connectivity index (χ1) is 14.2. The Hall–Kier alpha value is -2.64. The monoisotopic (exact) mass is 412 g/mol. The lowest BCUT2D eigenvalue weighted by molar-refractivity contribution is -0.898. The van der Waals surface area contributed by atoms with Gasteiger partial charge in [0.15, 0.2) is 6.54 Å². The molecule has 2 heterocycles. The van der Waals surface area contributed by atoms with Crippen molar-refractivity contribution in [1.82, 2.24) is 4.98 Å². The molecular weight excluding hydrogens is 386 g/mol. The van der Waals surface area contributed by atoms with E-state index in [1.165, 1.54) is 14.6 Å². The Morgan fingerprint density at radius 2 is 2.10 bits per heavy atom. The van der Waals surface area contributed by atoms with E-state index in [4.69, 9.17) is 14.5 Å². The van der Waals surface area contributed by atoms with Gasteiger partial charge in [-0.05, 0) is 37.1 Å². The van der Waals surface area contributed by atoms with Gasteiger partial charge in [0, 0.05) is 6.07 Å². The lowest BCUT2D eigenvalue weighted by Crippen LogP contribution is -3.14. The zero-order chi connectivity index (χ0) is 20.2. The van der Waals surface area contributed by atoms with Gasteiger partial charge in [-0.1, -0.05) is 12.1 Å². The summed E-state index contributed by atoms with van der Waals surface area (Å²) in [7, 11) is 3.19. The molecule has 1 unspecified atom stereocenters. The second-order valence-electron chi connectivity index (χ2n) is 7.35. The van der Waals surface area contributed by atoms with Gasteiger partial charge in [0.25, 0.3) is 5.91 Å². The fourth-order valence-electron chi connectivity index (χ4n) is 3.91. The van der Waals surface area contributed by atoms with E-state index in [2.05, 4.69) is 23.5 Å². The maximum absolute atomic E-state index is 12.7. The summed E-state index contributed by atoms with van der Waals surface area (Å²) in [4.78, 5) is 18.8. The number of carbonyl (C=O) groups excluding carboxylic acids is 1. The molecule has 4 rings (SSSR count). The molecule has 1 saturated heterocycles. The molecule has 1 aliphatic rings. The number of methoxy groups -OCH3 is 2. The molecule has 2 atom stereocenters. The summed E-state index contributed by atoms with van der Waals surface area (Å²) in [5.74, 6) is 1.70. The Balaban J connectivity index is 1.39. The summed E-state index contributed by atoms with van der Waals surface area (Å²) in [5.41, 5.74) is 1.74. The minimum atomic E-state index is -0.00610. The molecule has 1 aliphatic heterocycles. The van der Waals surface area contributed by atoms with Gasteiger partial charge >= 0.3 is 0 Å². The highest BCUT2D eigenvalue weighted by Gasteiger charge is 2.28. The predicted molar refractivity (Wildman–Crippen MR) is 115 cm³/mol. The number of fused-ring (bicyclic) bond motifs is 1. The van der Waals surface area contributed by atoms with Crippen molar-refractivity contribution in [1.29, 1.82) is 0 Å². The minimum absolute atomic E-state index is 0.00610. The third-order valence-corrected chi connectivity index (χ3v) is 6.57. The smallest absolute Gasteiger partial charge is 0.279 e. The van der Waals surface area contributed by atoms with Crippen LogP contribution in [0.25, 0.3) is 10.2 Å². The highest BCUT2D eigenvalue weighted by atomic mass is 32.1. The van der Waals surface area contributed by atoms with E-state index < -0.39 is 0 Å². The first kappa shape index (κ1) is 19.7. The number of nitrogens with zero attached hydrogens (tertiary/aromatic N) is 1. The Bertz CT molecular complexity index is 971. The number of nitrogens with one attached hydrogen (secondary N) is 2. The fraction of sp³-hybridized carbons (Fsp3) is 0.364. The van der Waals surface area contributed by atoms with Gasteiger partial charge in [0.05, 0.1) is 49.1 Å². The van der Waals surface area contributed by atoms with Crippen molar-refractivity contribution < 1.29 is 19.2 Å². The van der Waals surface area contributed by atoms with E-state index in [0.29, 0.717) is 29.6 Å². The molecule has 2 aromatic carbocycles. The molecule has 7 heteroatoms. The standard InChI is InChI=1S/C22H25N3O3S/c1-27-16-9-10-17(19(12-16)28-2)23-21(26)14-25-11-5-6-15(13-25)22-24-18-7-3-4-8-20(18)29-22/h3-4,7-10,12,15H,5-6,11,13-14H2,1-2H3,(H,23,26)/p+1/t15-/m1/s1. The van der Waals surface area contributed by atoms with E-state index in [1.54, 1.807) is 31.6 Å². The molecule has 6 nitrogen and oxygen atoms in total. The molecule has 0 bridgehead atoms. The molecule has 0 radical (unpaired) electrons. The van der Waals surface area contributed by atoms with Crippen molar-refractivity contribution in [2.45, 2.75) is 18.8 Å². The predicted octanol–water partition coefficient (Wildman–Crippen LogP) is 2.71. The molecule has 1 aromatic heterocycles. The van der Waals surface area contributed by atoms with Crippen molar-refractivity contribution in [3.8, 4) is 11.5 Å².